The third-order valence-electron chi connectivity index (χ3n) is 20.1. The highest BCUT2D eigenvalue weighted by molar-refractivity contribution is 7.47. The van der Waals surface area contributed by atoms with Gasteiger partial charge < -0.3 is 33.8 Å². The summed E-state index contributed by atoms with van der Waals surface area (Å²) >= 11 is 0. The van der Waals surface area contributed by atoms with Crippen molar-refractivity contribution >= 4 is 39.5 Å². The van der Waals surface area contributed by atoms with Gasteiger partial charge in [0.2, 0.25) is 0 Å². The van der Waals surface area contributed by atoms with Crippen LogP contribution in [-0.2, 0) is 65.4 Å². The van der Waals surface area contributed by atoms with E-state index in [1.807, 2.05) is 0 Å². The highest BCUT2D eigenvalue weighted by Gasteiger charge is 2.30. The number of aliphatic hydroxyl groups excluding tert-OH is 1. The summed E-state index contributed by atoms with van der Waals surface area (Å²) in [5, 5.41) is 10.7. The smallest absolute Gasteiger partial charge is 0.462 e. The second-order valence-corrected chi connectivity index (χ2v) is 35.7. The molecule has 17 nitrogen and oxygen atoms in total. The standard InChI is InChI=1S/C86H168O17P2/c1-76(2)62-54-46-38-31-25-19-13-11-9-10-12-14-23-29-35-43-52-60-68-86(91)103-82(73-97-84(89)67-59-51-45-37-41-49-57-65-79(7)8)75-101-105(94,95)99-71-80(87)70-98-104(92,93)100-74-81(102-85(90)69-61-53-44-36-30-24-18-16-21-27-33-40-48-56-64-78(5)6)72-96-83(88)66-58-50-42-34-28-22-17-15-20-26-32-39-47-55-63-77(3)4/h76-82,87H,9-75H2,1-8H3,(H,92,93)(H,94,95)/t80?,81-,82-/m1/s1. The van der Waals surface area contributed by atoms with E-state index in [0.29, 0.717) is 31.6 Å². The number of unbranched alkanes of at least 4 members (excludes halogenated alkanes) is 49. The highest BCUT2D eigenvalue weighted by atomic mass is 31.2. The predicted octanol–water partition coefficient (Wildman–Crippen LogP) is 25.9. The van der Waals surface area contributed by atoms with E-state index >= 15 is 0 Å². The molecular weight excluding hydrogens is 1370 g/mol. The first-order valence-corrected chi connectivity index (χ1v) is 47.2. The Labute approximate surface area is 645 Å². The van der Waals surface area contributed by atoms with Crippen molar-refractivity contribution in [3.05, 3.63) is 0 Å². The number of rotatable bonds is 83. The van der Waals surface area contributed by atoms with E-state index < -0.39 is 97.5 Å². The molecule has 0 aliphatic heterocycles. The second kappa shape index (κ2) is 74.8. The van der Waals surface area contributed by atoms with Crippen LogP contribution in [0.15, 0.2) is 0 Å². The fourth-order valence-electron chi connectivity index (χ4n) is 13.3. The first-order chi connectivity index (χ1) is 50.6. The average Bonchev–Trinajstić information content (AvgIpc) is 0.920. The monoisotopic (exact) mass is 1540 g/mol. The molecular formula is C86H168O17P2. The van der Waals surface area contributed by atoms with Gasteiger partial charge in [-0.2, -0.15) is 0 Å². The fraction of sp³-hybridized carbons (Fsp3) is 0.953. The number of carbonyl (C=O) groups excluding carboxylic acids is 4. The molecule has 0 aromatic carbocycles. The molecule has 3 unspecified atom stereocenters. The molecule has 3 N–H and O–H groups in total. The van der Waals surface area contributed by atoms with Gasteiger partial charge in [-0.15, -0.1) is 0 Å². The van der Waals surface area contributed by atoms with E-state index in [4.69, 9.17) is 37.0 Å². The van der Waals surface area contributed by atoms with E-state index in [-0.39, 0.29) is 25.7 Å². The Morgan fingerprint density at radius 1 is 0.238 bits per heavy atom. The van der Waals surface area contributed by atoms with Gasteiger partial charge in [-0.1, -0.05) is 396 Å². The summed E-state index contributed by atoms with van der Waals surface area (Å²) in [5.41, 5.74) is 0. The van der Waals surface area contributed by atoms with Gasteiger partial charge in [0, 0.05) is 25.7 Å². The molecule has 0 rings (SSSR count). The number of phosphoric ester groups is 2. The van der Waals surface area contributed by atoms with Gasteiger partial charge in [0.25, 0.3) is 0 Å². The van der Waals surface area contributed by atoms with Gasteiger partial charge in [-0.3, -0.25) is 37.3 Å². The highest BCUT2D eigenvalue weighted by Crippen LogP contribution is 2.45. The molecule has 0 fully saturated rings. The van der Waals surface area contributed by atoms with Crippen molar-refractivity contribution in [1.29, 1.82) is 0 Å². The SMILES string of the molecule is CC(C)CCCCCCCCCCCCCCCCCCCCC(=O)O[C@H](COC(=O)CCCCCCCCCC(C)C)COP(=O)(O)OCC(O)COP(=O)(O)OC[C@@H](COC(=O)CCCCCCCCCCCCCCCCC(C)C)OC(=O)CCCCCCCCCCCCCCCCC(C)C. The number of hydrogen-bond donors (Lipinski definition) is 3. The number of phosphoric acid groups is 2. The van der Waals surface area contributed by atoms with Crippen LogP contribution < -0.4 is 0 Å². The Balaban J connectivity index is 5.22. The summed E-state index contributed by atoms with van der Waals surface area (Å²) in [5.74, 6) is 1.01. The first-order valence-electron chi connectivity index (χ1n) is 44.2. The molecule has 0 radical (unpaired) electrons. The Hall–Kier alpha value is -1.94. The molecule has 19 heteroatoms. The van der Waals surface area contributed by atoms with E-state index in [9.17, 15) is 43.2 Å². The average molecular weight is 1540 g/mol. The zero-order chi connectivity index (χ0) is 77.4. The summed E-state index contributed by atoms with van der Waals surface area (Å²) in [6.07, 6.45) is 64.0. The number of aliphatic hydroxyl groups is 1. The van der Waals surface area contributed by atoms with Crippen LogP contribution in [0.25, 0.3) is 0 Å². The number of carbonyl (C=O) groups is 4. The molecule has 5 atom stereocenters. The van der Waals surface area contributed by atoms with Crippen LogP contribution in [0.3, 0.4) is 0 Å². The molecule has 0 bridgehead atoms. The topological polar surface area (TPSA) is 237 Å². The van der Waals surface area contributed by atoms with Crippen molar-refractivity contribution < 1.29 is 80.2 Å². The first kappa shape index (κ1) is 103. The minimum absolute atomic E-state index is 0.107. The van der Waals surface area contributed by atoms with Gasteiger partial charge in [-0.25, -0.2) is 9.13 Å². The zero-order valence-electron chi connectivity index (χ0n) is 69.4. The normalized spacial score (nSPS) is 13.9. The van der Waals surface area contributed by atoms with Crippen molar-refractivity contribution in [1.82, 2.24) is 0 Å². The van der Waals surface area contributed by atoms with Gasteiger partial charge in [0.1, 0.15) is 19.3 Å². The van der Waals surface area contributed by atoms with Crippen molar-refractivity contribution in [2.45, 2.75) is 465 Å². The number of hydrogen-bond acceptors (Lipinski definition) is 15. The third-order valence-corrected chi connectivity index (χ3v) is 22.0. The lowest BCUT2D eigenvalue weighted by atomic mass is 10.0. The molecule has 0 saturated heterocycles. The lowest BCUT2D eigenvalue weighted by Gasteiger charge is -2.21. The molecule has 0 amide bonds. The van der Waals surface area contributed by atoms with E-state index in [2.05, 4.69) is 55.4 Å². The minimum atomic E-state index is -4.97. The van der Waals surface area contributed by atoms with E-state index in [0.717, 1.165) is 114 Å². The Morgan fingerprint density at radius 2 is 0.400 bits per heavy atom. The largest absolute Gasteiger partial charge is 0.472 e. The summed E-state index contributed by atoms with van der Waals surface area (Å²) < 4.78 is 68.9. The van der Waals surface area contributed by atoms with E-state index in [1.165, 1.54) is 244 Å². The number of esters is 4. The van der Waals surface area contributed by atoms with Crippen LogP contribution in [0.5, 0.6) is 0 Å². The molecule has 0 aromatic rings. The molecule has 0 aliphatic rings. The zero-order valence-corrected chi connectivity index (χ0v) is 71.2. The van der Waals surface area contributed by atoms with Crippen LogP contribution in [0.1, 0.15) is 447 Å². The van der Waals surface area contributed by atoms with Gasteiger partial charge in [0.15, 0.2) is 12.2 Å². The van der Waals surface area contributed by atoms with Crippen LogP contribution in [0.4, 0.5) is 0 Å². The van der Waals surface area contributed by atoms with Crippen molar-refractivity contribution in [3.8, 4) is 0 Å². The maximum Gasteiger partial charge on any atom is 0.472 e. The molecule has 0 aromatic heterocycles. The van der Waals surface area contributed by atoms with Crippen LogP contribution in [0.2, 0.25) is 0 Å². The maximum absolute atomic E-state index is 13.1. The molecule has 0 heterocycles. The summed E-state index contributed by atoms with van der Waals surface area (Å²) in [6, 6.07) is 0. The van der Waals surface area contributed by atoms with E-state index in [1.54, 1.807) is 0 Å². The molecule has 105 heavy (non-hydrogen) atoms. The second-order valence-electron chi connectivity index (χ2n) is 32.8. The van der Waals surface area contributed by atoms with Crippen molar-refractivity contribution in [2.75, 3.05) is 39.6 Å². The van der Waals surface area contributed by atoms with Crippen molar-refractivity contribution in [2.24, 2.45) is 23.7 Å². The number of ether oxygens (including phenoxy) is 4. The third kappa shape index (κ3) is 79.9. The lowest BCUT2D eigenvalue weighted by molar-refractivity contribution is -0.161. The maximum atomic E-state index is 13.1. The Morgan fingerprint density at radius 3 is 0.590 bits per heavy atom. The van der Waals surface area contributed by atoms with Crippen LogP contribution >= 0.6 is 15.6 Å². The Kier molecular flexibility index (Phi) is 73.4. The lowest BCUT2D eigenvalue weighted by Crippen LogP contribution is -2.30. The molecule has 624 valence electrons. The summed E-state index contributed by atoms with van der Waals surface area (Å²) in [7, 11) is -9.93. The van der Waals surface area contributed by atoms with Crippen LogP contribution in [-0.4, -0.2) is 96.7 Å². The van der Waals surface area contributed by atoms with Gasteiger partial charge >= 0.3 is 39.5 Å². The van der Waals surface area contributed by atoms with Gasteiger partial charge in [-0.05, 0) is 49.4 Å². The quantitative estimate of drug-likeness (QED) is 0.0222. The van der Waals surface area contributed by atoms with Gasteiger partial charge in [0.05, 0.1) is 26.4 Å². The summed E-state index contributed by atoms with van der Waals surface area (Å²) in [4.78, 5) is 73.2. The van der Waals surface area contributed by atoms with Crippen LogP contribution in [0, 0.1) is 23.7 Å². The summed E-state index contributed by atoms with van der Waals surface area (Å²) in [6.45, 7) is 14.3. The minimum Gasteiger partial charge on any atom is -0.462 e. The van der Waals surface area contributed by atoms with Crippen molar-refractivity contribution in [3.63, 3.8) is 0 Å². The molecule has 0 aliphatic carbocycles. The molecule has 0 spiro atoms. The fourth-order valence-corrected chi connectivity index (χ4v) is 14.9. The Bertz CT molecular complexity index is 2040. The molecule has 0 saturated carbocycles. The predicted molar refractivity (Wildman–Crippen MR) is 432 cm³/mol.